The van der Waals surface area contributed by atoms with Gasteiger partial charge in [0.25, 0.3) is 5.91 Å². The number of hydrogen-bond acceptors (Lipinski definition) is 3. The van der Waals surface area contributed by atoms with Crippen LogP contribution in [0.4, 0.5) is 0 Å². The van der Waals surface area contributed by atoms with Gasteiger partial charge >= 0.3 is 0 Å². The predicted octanol–water partition coefficient (Wildman–Crippen LogP) is 3.92. The van der Waals surface area contributed by atoms with E-state index in [9.17, 15) is 4.79 Å². The number of nitrogens with one attached hydrogen (secondary N) is 1. The van der Waals surface area contributed by atoms with Gasteiger partial charge in [-0.05, 0) is 55.4 Å². The van der Waals surface area contributed by atoms with E-state index in [1.165, 1.54) is 0 Å². The fraction of sp³-hybridized carbons (Fsp3) is 0.200. The molecule has 1 heterocycles. The molecule has 0 aliphatic carbocycles. The zero-order valence-electron chi connectivity index (χ0n) is 14.2. The predicted molar refractivity (Wildman–Crippen MR) is 102 cm³/mol. The van der Waals surface area contributed by atoms with E-state index in [1.807, 2.05) is 67.5 Å². The van der Waals surface area contributed by atoms with Crippen molar-refractivity contribution in [3.05, 3.63) is 77.1 Å². The summed E-state index contributed by atoms with van der Waals surface area (Å²) in [7, 11) is 3.96. The first-order valence-corrected chi connectivity index (χ1v) is 8.45. The SMILES string of the molecule is CN(C)C[C@@H](NC(=O)c1ccc2cnccc2c1)c1cccc(Cl)c1. The highest BCUT2D eigenvalue weighted by atomic mass is 35.5. The molecule has 0 radical (unpaired) electrons. The molecule has 0 bridgehead atoms. The van der Waals surface area contributed by atoms with Gasteiger partial charge in [-0.15, -0.1) is 0 Å². The Bertz CT molecular complexity index is 895. The minimum absolute atomic E-state index is 0.106. The number of fused-ring (bicyclic) bond motifs is 1. The van der Waals surface area contributed by atoms with Gasteiger partial charge in [0.05, 0.1) is 6.04 Å². The number of carbonyl (C=O) groups excluding carboxylic acids is 1. The van der Waals surface area contributed by atoms with Crippen molar-refractivity contribution >= 4 is 28.3 Å². The summed E-state index contributed by atoms with van der Waals surface area (Å²) in [5.41, 5.74) is 1.61. The first-order chi connectivity index (χ1) is 12.0. The van der Waals surface area contributed by atoms with Gasteiger partial charge in [0, 0.05) is 34.9 Å². The number of rotatable bonds is 5. The van der Waals surface area contributed by atoms with Gasteiger partial charge in [-0.25, -0.2) is 0 Å². The van der Waals surface area contributed by atoms with Crippen LogP contribution >= 0.6 is 11.6 Å². The lowest BCUT2D eigenvalue weighted by Crippen LogP contribution is -2.35. The minimum atomic E-state index is -0.144. The molecule has 0 aliphatic rings. The van der Waals surface area contributed by atoms with Gasteiger partial charge in [-0.3, -0.25) is 9.78 Å². The molecule has 3 aromatic rings. The number of carbonyl (C=O) groups is 1. The Morgan fingerprint density at radius 3 is 2.76 bits per heavy atom. The molecule has 1 atom stereocenters. The zero-order valence-corrected chi connectivity index (χ0v) is 15.0. The topological polar surface area (TPSA) is 45.2 Å². The fourth-order valence-electron chi connectivity index (χ4n) is 2.79. The second-order valence-electron chi connectivity index (χ2n) is 6.28. The molecular weight excluding hydrogens is 334 g/mol. The molecule has 3 rings (SSSR count). The van der Waals surface area contributed by atoms with Crippen LogP contribution in [-0.2, 0) is 0 Å². The van der Waals surface area contributed by atoms with Crippen LogP contribution in [0.3, 0.4) is 0 Å². The Labute approximate surface area is 152 Å². The molecule has 25 heavy (non-hydrogen) atoms. The zero-order chi connectivity index (χ0) is 17.8. The first-order valence-electron chi connectivity index (χ1n) is 8.08. The van der Waals surface area contributed by atoms with Gasteiger partial charge in [-0.1, -0.05) is 29.8 Å². The number of hydrogen-bond donors (Lipinski definition) is 1. The van der Waals surface area contributed by atoms with Gasteiger partial charge < -0.3 is 10.2 Å². The maximum atomic E-state index is 12.8. The van der Waals surface area contributed by atoms with Gasteiger partial charge in [0.2, 0.25) is 0 Å². The van der Waals surface area contributed by atoms with E-state index in [2.05, 4.69) is 10.3 Å². The number of likely N-dealkylation sites (N-methyl/N-ethyl adjacent to an activating group) is 1. The van der Waals surface area contributed by atoms with E-state index >= 15 is 0 Å². The molecule has 0 fully saturated rings. The normalized spacial score (nSPS) is 12.3. The van der Waals surface area contributed by atoms with Gasteiger partial charge in [0.1, 0.15) is 0 Å². The molecule has 0 aliphatic heterocycles. The smallest absolute Gasteiger partial charge is 0.251 e. The van der Waals surface area contributed by atoms with Crippen molar-refractivity contribution < 1.29 is 4.79 Å². The molecule has 2 aromatic carbocycles. The fourth-order valence-corrected chi connectivity index (χ4v) is 2.99. The van der Waals surface area contributed by atoms with E-state index in [-0.39, 0.29) is 11.9 Å². The summed E-state index contributed by atoms with van der Waals surface area (Å²) < 4.78 is 0. The molecule has 4 nitrogen and oxygen atoms in total. The third kappa shape index (κ3) is 4.35. The third-order valence-electron chi connectivity index (χ3n) is 4.01. The summed E-state index contributed by atoms with van der Waals surface area (Å²) in [6.45, 7) is 0.684. The second kappa shape index (κ2) is 7.64. The Morgan fingerprint density at radius 1 is 1.16 bits per heavy atom. The molecule has 128 valence electrons. The molecule has 1 aromatic heterocycles. The summed E-state index contributed by atoms with van der Waals surface area (Å²) in [5.74, 6) is -0.106. The lowest BCUT2D eigenvalue weighted by molar-refractivity contribution is 0.0930. The van der Waals surface area contributed by atoms with E-state index in [1.54, 1.807) is 12.4 Å². The highest BCUT2D eigenvalue weighted by Gasteiger charge is 2.17. The Morgan fingerprint density at radius 2 is 2.00 bits per heavy atom. The van der Waals surface area contributed by atoms with Crippen molar-refractivity contribution in [3.63, 3.8) is 0 Å². The average molecular weight is 354 g/mol. The van der Waals surface area contributed by atoms with E-state index in [0.29, 0.717) is 17.1 Å². The molecular formula is C20H20ClN3O. The van der Waals surface area contributed by atoms with Crippen LogP contribution in [0.5, 0.6) is 0 Å². The molecule has 5 heteroatoms. The number of amides is 1. The standard InChI is InChI=1S/C20H20ClN3O/c1-24(2)13-19(15-4-3-5-18(21)11-15)23-20(25)16-6-7-17-12-22-9-8-14(17)10-16/h3-12,19H,13H2,1-2H3,(H,23,25)/t19-/m1/s1. The van der Waals surface area contributed by atoms with Crippen molar-refractivity contribution in [1.29, 1.82) is 0 Å². The molecule has 0 saturated heterocycles. The average Bonchev–Trinajstić information content (AvgIpc) is 2.60. The summed E-state index contributed by atoms with van der Waals surface area (Å²) in [4.78, 5) is 18.9. The van der Waals surface area contributed by atoms with Crippen molar-refractivity contribution in [3.8, 4) is 0 Å². The molecule has 1 N–H and O–H groups in total. The van der Waals surface area contributed by atoms with Crippen LogP contribution in [0, 0.1) is 0 Å². The van der Waals surface area contributed by atoms with Crippen LogP contribution < -0.4 is 5.32 Å². The lowest BCUT2D eigenvalue weighted by atomic mass is 10.0. The van der Waals surface area contributed by atoms with Crippen molar-refractivity contribution in [2.24, 2.45) is 0 Å². The maximum absolute atomic E-state index is 12.8. The number of nitrogens with zero attached hydrogens (tertiary/aromatic N) is 2. The Balaban J connectivity index is 1.85. The van der Waals surface area contributed by atoms with Crippen LogP contribution in [0.25, 0.3) is 10.8 Å². The lowest BCUT2D eigenvalue weighted by Gasteiger charge is -2.23. The van der Waals surface area contributed by atoms with E-state index in [4.69, 9.17) is 11.6 Å². The van der Waals surface area contributed by atoms with Crippen LogP contribution in [0.15, 0.2) is 60.9 Å². The summed E-state index contributed by atoms with van der Waals surface area (Å²) in [5, 5.41) is 5.79. The first kappa shape index (κ1) is 17.4. The number of pyridine rings is 1. The molecule has 1 amide bonds. The maximum Gasteiger partial charge on any atom is 0.251 e. The highest BCUT2D eigenvalue weighted by molar-refractivity contribution is 6.30. The Kier molecular flexibility index (Phi) is 5.31. The minimum Gasteiger partial charge on any atom is -0.344 e. The number of halogens is 1. The van der Waals surface area contributed by atoms with Crippen molar-refractivity contribution in [2.45, 2.75) is 6.04 Å². The largest absolute Gasteiger partial charge is 0.344 e. The van der Waals surface area contributed by atoms with Crippen molar-refractivity contribution in [2.75, 3.05) is 20.6 Å². The molecule has 0 saturated carbocycles. The van der Waals surface area contributed by atoms with Crippen LogP contribution in [0.2, 0.25) is 5.02 Å². The van der Waals surface area contributed by atoms with Crippen molar-refractivity contribution in [1.82, 2.24) is 15.2 Å². The summed E-state index contributed by atoms with van der Waals surface area (Å²) in [6, 6.07) is 15.0. The monoisotopic (exact) mass is 353 g/mol. The summed E-state index contributed by atoms with van der Waals surface area (Å²) in [6.07, 6.45) is 3.52. The molecule has 0 spiro atoms. The Hall–Kier alpha value is -2.43. The molecule has 0 unspecified atom stereocenters. The highest BCUT2D eigenvalue weighted by Crippen LogP contribution is 2.20. The van der Waals surface area contributed by atoms with Gasteiger partial charge in [0.15, 0.2) is 0 Å². The van der Waals surface area contributed by atoms with Crippen LogP contribution in [-0.4, -0.2) is 36.4 Å². The quantitative estimate of drug-likeness (QED) is 0.756. The second-order valence-corrected chi connectivity index (χ2v) is 6.72. The van der Waals surface area contributed by atoms with E-state index in [0.717, 1.165) is 16.3 Å². The number of benzene rings is 2. The van der Waals surface area contributed by atoms with Gasteiger partial charge in [-0.2, -0.15) is 0 Å². The third-order valence-corrected chi connectivity index (χ3v) is 4.24. The number of aromatic nitrogens is 1. The van der Waals surface area contributed by atoms with Crippen LogP contribution in [0.1, 0.15) is 22.0 Å². The summed E-state index contributed by atoms with van der Waals surface area (Å²) >= 11 is 6.11. The van der Waals surface area contributed by atoms with E-state index < -0.39 is 0 Å².